The summed E-state index contributed by atoms with van der Waals surface area (Å²) in [5, 5.41) is 0. The van der Waals surface area contributed by atoms with Crippen molar-refractivity contribution >= 4 is 0 Å². The first-order chi connectivity index (χ1) is 0. The Morgan fingerprint density at radius 3 is 1.00 bits per heavy atom. The molecule has 0 aromatic carbocycles. The van der Waals surface area contributed by atoms with E-state index in [4.69, 9.17) is 0 Å². The monoisotopic (exact) mass is 116 g/mol. The summed E-state index contributed by atoms with van der Waals surface area (Å²) in [5.74, 6) is 0. The molecule has 4 heavy (non-hydrogen) atoms. The van der Waals surface area contributed by atoms with Crippen LogP contribution in [0.1, 0.15) is 1.43 Å². The second-order valence-electron chi connectivity index (χ2n) is 0. The Morgan fingerprint density at radius 2 is 1.00 bits per heavy atom. The standard InChI is InChI=1S/Na.Ni.2H2O.H/h;;2*1H2;/q+1;+2;;;-1/p-2. The smallest absolute Gasteiger partial charge is 1.00 e. The summed E-state index contributed by atoms with van der Waals surface area (Å²) >= 11 is 0. The minimum Gasteiger partial charge on any atom is -1.00 e. The number of hydrogen-bond acceptors (Lipinski definition) is 2. The molecule has 0 aliphatic rings. The quantitative estimate of drug-likeness (QED) is 0.313. The van der Waals surface area contributed by atoms with Crippen molar-refractivity contribution in [1.29, 1.82) is 0 Å². The molecular weight excluding hydrogens is 114 g/mol. The largest absolute Gasteiger partial charge is 2.00 e. The molecule has 26 valence electrons. The van der Waals surface area contributed by atoms with Crippen molar-refractivity contribution < 1.29 is 58.4 Å². The fraction of sp³-hybridized carbons (Fsp3) is 0. The molecule has 0 fully saturated rings. The Hall–Kier alpha value is 1.41. The third-order valence-electron chi connectivity index (χ3n) is 0. The molecule has 0 aromatic heterocycles. The van der Waals surface area contributed by atoms with Gasteiger partial charge in [0.25, 0.3) is 0 Å². The minimum absolute atomic E-state index is 0. The zero-order chi connectivity index (χ0) is 0. The first kappa shape index (κ1) is 52.8. The number of rotatable bonds is 0. The summed E-state index contributed by atoms with van der Waals surface area (Å²) in [6, 6.07) is 0. The second-order valence-corrected chi connectivity index (χ2v) is 0. The summed E-state index contributed by atoms with van der Waals surface area (Å²) in [5.41, 5.74) is 0. The fourth-order valence-corrected chi connectivity index (χ4v) is 0. The van der Waals surface area contributed by atoms with Crippen LogP contribution in [-0.2, 0) is 16.5 Å². The van der Waals surface area contributed by atoms with Crippen LogP contribution in [0.2, 0.25) is 0 Å². The molecule has 0 bridgehead atoms. The van der Waals surface area contributed by atoms with Gasteiger partial charge in [0, 0.05) is 0 Å². The molecule has 0 aliphatic heterocycles. The van der Waals surface area contributed by atoms with Crippen LogP contribution in [0.3, 0.4) is 0 Å². The first-order valence-corrected chi connectivity index (χ1v) is 0. The molecule has 0 unspecified atom stereocenters. The maximum absolute atomic E-state index is 0. The van der Waals surface area contributed by atoms with Gasteiger partial charge in [0.05, 0.1) is 0 Å². The Labute approximate surface area is 58.3 Å². The molecule has 2 nitrogen and oxygen atoms in total. The van der Waals surface area contributed by atoms with E-state index in [0.29, 0.717) is 0 Å². The van der Waals surface area contributed by atoms with Crippen LogP contribution < -0.4 is 29.6 Å². The molecule has 0 radical (unpaired) electrons. The Morgan fingerprint density at radius 1 is 1.00 bits per heavy atom. The summed E-state index contributed by atoms with van der Waals surface area (Å²) in [6.45, 7) is 0. The Bertz CT molecular complexity index is 9.61. The van der Waals surface area contributed by atoms with Crippen molar-refractivity contribution in [3.05, 3.63) is 0 Å². The van der Waals surface area contributed by atoms with Gasteiger partial charge in [-0.3, -0.25) is 0 Å². The molecule has 0 saturated heterocycles. The van der Waals surface area contributed by atoms with Gasteiger partial charge in [0.1, 0.15) is 0 Å². The second kappa shape index (κ2) is 25.7. The van der Waals surface area contributed by atoms with Gasteiger partial charge in [0.15, 0.2) is 0 Å². The van der Waals surface area contributed by atoms with Crippen LogP contribution in [0.4, 0.5) is 0 Å². The van der Waals surface area contributed by atoms with Crippen molar-refractivity contribution in [3.63, 3.8) is 0 Å². The molecule has 0 heterocycles. The molecule has 0 aliphatic carbocycles. The van der Waals surface area contributed by atoms with Gasteiger partial charge in [0.2, 0.25) is 0 Å². The van der Waals surface area contributed by atoms with Crippen LogP contribution in [0.15, 0.2) is 0 Å². The average molecular weight is 117 g/mol. The predicted octanol–water partition coefficient (Wildman–Crippen LogP) is -3.24. The molecular formula is H3NaNiO2. The van der Waals surface area contributed by atoms with Gasteiger partial charge in [-0.2, -0.15) is 0 Å². The van der Waals surface area contributed by atoms with Gasteiger partial charge in [-0.05, 0) is 0 Å². The molecule has 2 N–H and O–H groups in total. The maximum atomic E-state index is 0. The van der Waals surface area contributed by atoms with Crippen molar-refractivity contribution in [3.8, 4) is 0 Å². The van der Waals surface area contributed by atoms with Crippen molar-refractivity contribution in [2.45, 2.75) is 0 Å². The van der Waals surface area contributed by atoms with E-state index >= 15 is 0 Å². The number of hydrogen-bond donors (Lipinski definition) is 0. The predicted molar refractivity (Wildman–Crippen MR) is 4.98 cm³/mol. The molecule has 0 rings (SSSR count). The van der Waals surface area contributed by atoms with E-state index < -0.39 is 0 Å². The normalized spacial score (nSPS) is 0. The van der Waals surface area contributed by atoms with E-state index in [0.717, 1.165) is 0 Å². The van der Waals surface area contributed by atoms with Gasteiger partial charge >= 0.3 is 46.0 Å². The zero-order valence-electron chi connectivity index (χ0n) is 3.21. The van der Waals surface area contributed by atoms with Gasteiger partial charge in [-0.1, -0.05) is 0 Å². The average Bonchev–Trinajstić information content (AvgIpc) is 0. The molecule has 0 amide bonds. The van der Waals surface area contributed by atoms with Crippen LogP contribution in [0, 0.1) is 0 Å². The Kier molecular flexibility index (Phi) is 340. The van der Waals surface area contributed by atoms with E-state index in [-0.39, 0.29) is 58.4 Å². The molecule has 0 spiro atoms. The topological polar surface area (TPSA) is 60.0 Å². The van der Waals surface area contributed by atoms with Crippen LogP contribution in [0.25, 0.3) is 0 Å². The zero-order valence-corrected chi connectivity index (χ0v) is 5.20. The molecule has 0 atom stereocenters. The minimum atomic E-state index is 0. The van der Waals surface area contributed by atoms with E-state index in [2.05, 4.69) is 0 Å². The summed E-state index contributed by atoms with van der Waals surface area (Å²) in [4.78, 5) is 0. The maximum Gasteiger partial charge on any atom is 2.00 e. The molecule has 0 saturated carbocycles. The SMILES string of the molecule is [H-].[Na+].[Ni+2].[OH-].[OH-]. The first-order valence-electron chi connectivity index (χ1n) is 0. The Balaban J connectivity index is 0. The van der Waals surface area contributed by atoms with Crippen molar-refractivity contribution in [1.82, 2.24) is 0 Å². The van der Waals surface area contributed by atoms with Crippen LogP contribution in [-0.4, -0.2) is 11.0 Å². The van der Waals surface area contributed by atoms with Gasteiger partial charge in [-0.15, -0.1) is 0 Å². The van der Waals surface area contributed by atoms with Crippen molar-refractivity contribution in [2.75, 3.05) is 0 Å². The van der Waals surface area contributed by atoms with Crippen LogP contribution in [0.5, 0.6) is 0 Å². The van der Waals surface area contributed by atoms with E-state index in [1.165, 1.54) is 0 Å². The van der Waals surface area contributed by atoms with E-state index in [1.54, 1.807) is 0 Å². The van der Waals surface area contributed by atoms with E-state index in [9.17, 15) is 0 Å². The van der Waals surface area contributed by atoms with Gasteiger partial charge in [-0.25, -0.2) is 0 Å². The van der Waals surface area contributed by atoms with E-state index in [1.807, 2.05) is 0 Å². The van der Waals surface area contributed by atoms with Crippen LogP contribution >= 0.6 is 0 Å². The third-order valence-corrected chi connectivity index (χ3v) is 0. The third kappa shape index (κ3) is 9.95. The van der Waals surface area contributed by atoms with Crippen molar-refractivity contribution in [2.24, 2.45) is 0 Å². The van der Waals surface area contributed by atoms with Gasteiger partial charge < -0.3 is 12.4 Å². The molecule has 4 heteroatoms. The molecule has 0 aromatic rings. The summed E-state index contributed by atoms with van der Waals surface area (Å²) in [6.07, 6.45) is 0. The summed E-state index contributed by atoms with van der Waals surface area (Å²) < 4.78 is 0. The summed E-state index contributed by atoms with van der Waals surface area (Å²) in [7, 11) is 0. The fourth-order valence-electron chi connectivity index (χ4n) is 0.